The predicted molar refractivity (Wildman–Crippen MR) is 80.3 cm³/mol. The maximum atomic E-state index is 12.1. The molecule has 6 heteroatoms. The van der Waals surface area contributed by atoms with Crippen LogP contribution in [-0.4, -0.2) is 30.2 Å². The van der Waals surface area contributed by atoms with Crippen molar-refractivity contribution in [2.75, 3.05) is 13.1 Å². The summed E-state index contributed by atoms with van der Waals surface area (Å²) in [4.78, 5) is 12.1. The molecule has 5 nitrogen and oxygen atoms in total. The molecule has 2 N–H and O–H groups in total. The van der Waals surface area contributed by atoms with Gasteiger partial charge in [-0.25, -0.2) is 0 Å². The van der Waals surface area contributed by atoms with Crippen molar-refractivity contribution in [2.24, 2.45) is 0 Å². The van der Waals surface area contributed by atoms with E-state index in [0.29, 0.717) is 10.8 Å². The summed E-state index contributed by atoms with van der Waals surface area (Å²) in [5.41, 5.74) is 1.09. The Morgan fingerprint density at radius 1 is 1.43 bits per heavy atom. The minimum atomic E-state index is -0.208. The maximum Gasteiger partial charge on any atom is 0.273 e. The van der Waals surface area contributed by atoms with Gasteiger partial charge in [0.1, 0.15) is 0 Å². The van der Waals surface area contributed by atoms with Gasteiger partial charge in [-0.2, -0.15) is 0 Å². The number of rotatable bonds is 3. The number of amides is 1. The second kappa shape index (κ2) is 6.28. The molecule has 0 bridgehead atoms. The van der Waals surface area contributed by atoms with E-state index in [4.69, 9.17) is 16.1 Å². The zero-order chi connectivity index (χ0) is 14.7. The average Bonchev–Trinajstić information content (AvgIpc) is 2.98. The summed E-state index contributed by atoms with van der Waals surface area (Å²) >= 11 is 5.94. The number of carbonyl (C=O) groups is 1. The third-order valence-corrected chi connectivity index (χ3v) is 3.72. The van der Waals surface area contributed by atoms with Crippen LogP contribution in [0.25, 0.3) is 11.3 Å². The van der Waals surface area contributed by atoms with Gasteiger partial charge in [-0.1, -0.05) is 28.9 Å². The Bertz CT molecular complexity index is 635. The van der Waals surface area contributed by atoms with Crippen molar-refractivity contribution in [3.8, 4) is 11.3 Å². The standard InChI is InChI=1S/C15H16ClN3O2/c16-11-4-1-3-10(7-11)14-8-13(19-21-14)15(20)18-12-5-2-6-17-9-12/h1,3-4,7-8,12,17H,2,5-6,9H2,(H,18,20)/t12-/m0/s1. The van der Waals surface area contributed by atoms with Gasteiger partial charge >= 0.3 is 0 Å². The predicted octanol–water partition coefficient (Wildman–Crippen LogP) is 2.48. The smallest absolute Gasteiger partial charge is 0.273 e. The second-order valence-electron chi connectivity index (χ2n) is 5.10. The van der Waals surface area contributed by atoms with Crippen LogP contribution in [0.15, 0.2) is 34.9 Å². The number of halogens is 1. The fourth-order valence-corrected chi connectivity index (χ4v) is 2.58. The van der Waals surface area contributed by atoms with Crippen LogP contribution >= 0.6 is 11.6 Å². The molecule has 1 fully saturated rings. The van der Waals surface area contributed by atoms with E-state index >= 15 is 0 Å². The normalized spacial score (nSPS) is 18.4. The van der Waals surface area contributed by atoms with Gasteiger partial charge in [-0.3, -0.25) is 4.79 Å². The van der Waals surface area contributed by atoms with Crippen LogP contribution in [-0.2, 0) is 0 Å². The fraction of sp³-hybridized carbons (Fsp3) is 0.333. The van der Waals surface area contributed by atoms with Gasteiger partial charge in [0.2, 0.25) is 0 Å². The summed E-state index contributed by atoms with van der Waals surface area (Å²) in [6.07, 6.45) is 2.05. The lowest BCUT2D eigenvalue weighted by Gasteiger charge is -2.23. The van der Waals surface area contributed by atoms with E-state index in [1.807, 2.05) is 12.1 Å². The van der Waals surface area contributed by atoms with E-state index in [-0.39, 0.29) is 17.6 Å². The van der Waals surface area contributed by atoms with Crippen molar-refractivity contribution in [3.05, 3.63) is 41.0 Å². The van der Waals surface area contributed by atoms with E-state index in [1.54, 1.807) is 18.2 Å². The van der Waals surface area contributed by atoms with Crippen LogP contribution in [0, 0.1) is 0 Å². The summed E-state index contributed by atoms with van der Waals surface area (Å²) in [6, 6.07) is 9.03. The van der Waals surface area contributed by atoms with Crippen LogP contribution in [0.3, 0.4) is 0 Å². The zero-order valence-electron chi connectivity index (χ0n) is 11.4. The third-order valence-electron chi connectivity index (χ3n) is 3.48. The molecule has 1 aromatic carbocycles. The molecule has 2 heterocycles. The monoisotopic (exact) mass is 305 g/mol. The fourth-order valence-electron chi connectivity index (χ4n) is 2.39. The third kappa shape index (κ3) is 3.43. The van der Waals surface area contributed by atoms with Crippen LogP contribution in [0.2, 0.25) is 5.02 Å². The molecule has 0 unspecified atom stereocenters. The molecular formula is C15H16ClN3O2. The first-order valence-corrected chi connectivity index (χ1v) is 7.34. The molecule has 0 aliphatic carbocycles. The molecule has 0 spiro atoms. The Labute approximate surface area is 127 Å². The molecular weight excluding hydrogens is 290 g/mol. The minimum Gasteiger partial charge on any atom is -0.355 e. The van der Waals surface area contributed by atoms with Gasteiger partial charge in [0, 0.05) is 29.2 Å². The van der Waals surface area contributed by atoms with Crippen molar-refractivity contribution >= 4 is 17.5 Å². The number of nitrogens with one attached hydrogen (secondary N) is 2. The van der Waals surface area contributed by atoms with Crippen molar-refractivity contribution in [1.29, 1.82) is 0 Å². The van der Waals surface area contributed by atoms with E-state index in [9.17, 15) is 4.79 Å². The highest BCUT2D eigenvalue weighted by atomic mass is 35.5. The van der Waals surface area contributed by atoms with Gasteiger partial charge in [0.25, 0.3) is 5.91 Å². The highest BCUT2D eigenvalue weighted by molar-refractivity contribution is 6.30. The lowest BCUT2D eigenvalue weighted by Crippen LogP contribution is -2.45. The molecule has 0 radical (unpaired) electrons. The van der Waals surface area contributed by atoms with Crippen LogP contribution in [0.1, 0.15) is 23.3 Å². The van der Waals surface area contributed by atoms with E-state index in [0.717, 1.165) is 31.5 Å². The second-order valence-corrected chi connectivity index (χ2v) is 5.54. The quantitative estimate of drug-likeness (QED) is 0.914. The molecule has 0 saturated carbocycles. The minimum absolute atomic E-state index is 0.151. The molecule has 3 rings (SSSR count). The van der Waals surface area contributed by atoms with Gasteiger partial charge in [-0.15, -0.1) is 0 Å². The first-order valence-electron chi connectivity index (χ1n) is 6.96. The van der Waals surface area contributed by atoms with Crippen molar-refractivity contribution < 1.29 is 9.32 Å². The van der Waals surface area contributed by atoms with Gasteiger partial charge < -0.3 is 15.2 Å². The molecule has 1 aliphatic rings. The number of benzene rings is 1. The number of carbonyl (C=O) groups excluding carboxylic acids is 1. The van der Waals surface area contributed by atoms with Crippen molar-refractivity contribution in [3.63, 3.8) is 0 Å². The van der Waals surface area contributed by atoms with E-state index in [1.165, 1.54) is 0 Å². The van der Waals surface area contributed by atoms with Crippen LogP contribution < -0.4 is 10.6 Å². The lowest BCUT2D eigenvalue weighted by atomic mass is 10.1. The molecule has 21 heavy (non-hydrogen) atoms. The highest BCUT2D eigenvalue weighted by Crippen LogP contribution is 2.23. The summed E-state index contributed by atoms with van der Waals surface area (Å²) in [7, 11) is 0. The molecule has 2 aromatic rings. The van der Waals surface area contributed by atoms with Gasteiger partial charge in [0.15, 0.2) is 11.5 Å². The Morgan fingerprint density at radius 2 is 2.33 bits per heavy atom. The number of nitrogens with zero attached hydrogens (tertiary/aromatic N) is 1. The number of aromatic nitrogens is 1. The lowest BCUT2D eigenvalue weighted by molar-refractivity contribution is 0.0921. The number of hydrogen-bond donors (Lipinski definition) is 2. The molecule has 1 aromatic heterocycles. The Hall–Kier alpha value is -1.85. The Kier molecular flexibility index (Phi) is 4.22. The van der Waals surface area contributed by atoms with Crippen molar-refractivity contribution in [2.45, 2.75) is 18.9 Å². The van der Waals surface area contributed by atoms with E-state index in [2.05, 4.69) is 15.8 Å². The number of hydrogen-bond acceptors (Lipinski definition) is 4. The van der Waals surface area contributed by atoms with Gasteiger partial charge in [-0.05, 0) is 31.5 Å². The maximum absolute atomic E-state index is 12.1. The van der Waals surface area contributed by atoms with Crippen LogP contribution in [0.4, 0.5) is 0 Å². The molecule has 1 atom stereocenters. The summed E-state index contributed by atoms with van der Waals surface area (Å²) in [5.74, 6) is 0.324. The van der Waals surface area contributed by atoms with Crippen molar-refractivity contribution in [1.82, 2.24) is 15.8 Å². The van der Waals surface area contributed by atoms with E-state index < -0.39 is 0 Å². The first-order chi connectivity index (χ1) is 10.2. The highest BCUT2D eigenvalue weighted by Gasteiger charge is 2.19. The SMILES string of the molecule is O=C(N[C@H]1CCCNC1)c1cc(-c2cccc(Cl)c2)on1. The first kappa shape index (κ1) is 14.1. The van der Waals surface area contributed by atoms with Crippen LogP contribution in [0.5, 0.6) is 0 Å². The number of piperidine rings is 1. The Balaban J connectivity index is 1.70. The largest absolute Gasteiger partial charge is 0.355 e. The topological polar surface area (TPSA) is 67.2 Å². The summed E-state index contributed by atoms with van der Waals surface area (Å²) in [5, 5.41) is 10.7. The molecule has 1 aliphatic heterocycles. The summed E-state index contributed by atoms with van der Waals surface area (Å²) in [6.45, 7) is 1.81. The van der Waals surface area contributed by atoms with Gasteiger partial charge in [0.05, 0.1) is 0 Å². The molecule has 1 amide bonds. The Morgan fingerprint density at radius 3 is 3.10 bits per heavy atom. The average molecular weight is 306 g/mol. The zero-order valence-corrected chi connectivity index (χ0v) is 12.2. The molecule has 110 valence electrons. The summed E-state index contributed by atoms with van der Waals surface area (Å²) < 4.78 is 5.23. The molecule has 1 saturated heterocycles.